The Morgan fingerprint density at radius 1 is 0.692 bits per heavy atom. The van der Waals surface area contributed by atoms with Crippen molar-refractivity contribution in [3.8, 4) is 0 Å². The summed E-state index contributed by atoms with van der Waals surface area (Å²) in [7, 11) is 0. The number of hydrogen-bond donors (Lipinski definition) is 0. The van der Waals surface area contributed by atoms with E-state index in [-0.39, 0.29) is 0 Å². The number of aryl methyl sites for hydroxylation is 1. The third-order valence-corrected chi connectivity index (χ3v) is 7.57. The molecule has 0 saturated heterocycles. The summed E-state index contributed by atoms with van der Waals surface area (Å²) in [5.74, 6) is 4.01. The van der Waals surface area contributed by atoms with Gasteiger partial charge in [0.05, 0.1) is 0 Å². The Labute approximate surface area is 163 Å². The lowest BCUT2D eigenvalue weighted by atomic mass is 9.68. The molecule has 0 bridgehead atoms. The predicted octanol–water partition coefficient (Wildman–Crippen LogP) is 8.30. The first-order chi connectivity index (χ1) is 12.8. The molecular formula is C26H42. The van der Waals surface area contributed by atoms with Crippen molar-refractivity contribution in [3.63, 3.8) is 0 Å². The lowest BCUT2D eigenvalue weighted by molar-refractivity contribution is 0.156. The summed E-state index contributed by atoms with van der Waals surface area (Å²) in [6.07, 6.45) is 20.2. The molecule has 0 spiro atoms. The molecule has 2 aliphatic rings. The fourth-order valence-electron chi connectivity index (χ4n) is 5.70. The molecule has 3 rings (SSSR count). The van der Waals surface area contributed by atoms with Gasteiger partial charge in [-0.25, -0.2) is 0 Å². The van der Waals surface area contributed by atoms with Crippen molar-refractivity contribution in [2.75, 3.05) is 0 Å². The van der Waals surface area contributed by atoms with Gasteiger partial charge in [0, 0.05) is 0 Å². The average molecular weight is 355 g/mol. The van der Waals surface area contributed by atoms with E-state index < -0.39 is 0 Å². The fraction of sp³-hybridized carbons (Fsp3) is 0.769. The van der Waals surface area contributed by atoms with Crippen molar-refractivity contribution >= 4 is 0 Å². The van der Waals surface area contributed by atoms with Crippen LogP contribution in [0.15, 0.2) is 24.3 Å². The predicted molar refractivity (Wildman–Crippen MR) is 115 cm³/mol. The Hall–Kier alpha value is -0.780. The summed E-state index contributed by atoms with van der Waals surface area (Å²) in [5.41, 5.74) is 3.15. The zero-order valence-electron chi connectivity index (χ0n) is 17.5. The lowest BCUT2D eigenvalue weighted by Crippen LogP contribution is -2.25. The maximum Gasteiger partial charge on any atom is -0.0162 e. The second-order valence-corrected chi connectivity index (χ2v) is 9.38. The van der Waals surface area contributed by atoms with E-state index in [2.05, 4.69) is 38.1 Å². The second kappa shape index (κ2) is 10.5. The van der Waals surface area contributed by atoms with Crippen molar-refractivity contribution in [3.05, 3.63) is 35.4 Å². The van der Waals surface area contributed by atoms with Crippen LogP contribution in [0.1, 0.15) is 114 Å². The molecule has 0 heteroatoms. The molecule has 0 aromatic heterocycles. The summed E-state index contributed by atoms with van der Waals surface area (Å²) >= 11 is 0. The average Bonchev–Trinajstić information content (AvgIpc) is 2.72. The molecule has 0 radical (unpaired) electrons. The van der Waals surface area contributed by atoms with E-state index in [1.165, 1.54) is 95.5 Å². The number of unbranched alkanes of at least 4 members (excludes halogenated alkanes) is 2. The van der Waals surface area contributed by atoms with Crippen LogP contribution in [0, 0.1) is 17.8 Å². The van der Waals surface area contributed by atoms with Gasteiger partial charge < -0.3 is 0 Å². The van der Waals surface area contributed by atoms with Gasteiger partial charge in [0.15, 0.2) is 0 Å². The van der Waals surface area contributed by atoms with E-state index in [0.29, 0.717) is 0 Å². The molecule has 2 aliphatic carbocycles. The Bertz CT molecular complexity index is 483. The fourth-order valence-corrected chi connectivity index (χ4v) is 5.70. The lowest BCUT2D eigenvalue weighted by Gasteiger charge is -2.38. The Balaban J connectivity index is 1.41. The first-order valence-corrected chi connectivity index (χ1v) is 11.9. The first kappa shape index (κ1) is 20.0. The molecule has 1 aromatic rings. The summed E-state index contributed by atoms with van der Waals surface area (Å²) in [6, 6.07) is 9.67. The third-order valence-electron chi connectivity index (χ3n) is 7.57. The molecule has 0 heterocycles. The minimum atomic E-state index is 0.840. The minimum absolute atomic E-state index is 0.840. The zero-order valence-corrected chi connectivity index (χ0v) is 17.5. The highest BCUT2D eigenvalue weighted by atomic mass is 14.4. The van der Waals surface area contributed by atoms with Gasteiger partial charge in [-0.15, -0.1) is 0 Å². The van der Waals surface area contributed by atoms with Crippen LogP contribution in [0.25, 0.3) is 0 Å². The monoisotopic (exact) mass is 354 g/mol. The van der Waals surface area contributed by atoms with Crippen LogP contribution in [-0.4, -0.2) is 0 Å². The summed E-state index contributed by atoms with van der Waals surface area (Å²) < 4.78 is 0. The maximum atomic E-state index is 2.44. The van der Waals surface area contributed by atoms with Gasteiger partial charge in [0.1, 0.15) is 0 Å². The van der Waals surface area contributed by atoms with Gasteiger partial charge in [-0.1, -0.05) is 76.6 Å². The van der Waals surface area contributed by atoms with Crippen LogP contribution in [0.2, 0.25) is 0 Å². The van der Waals surface area contributed by atoms with Crippen LogP contribution < -0.4 is 0 Å². The zero-order chi connectivity index (χ0) is 18.2. The second-order valence-electron chi connectivity index (χ2n) is 9.38. The molecule has 2 saturated carbocycles. The van der Waals surface area contributed by atoms with Gasteiger partial charge >= 0.3 is 0 Å². The molecule has 0 unspecified atom stereocenters. The standard InChI is InChI=1S/C26H42/c1-3-5-7-21-9-13-23(14-10-21)25-17-19-26(20-18-25)24-15-11-22(12-16-24)8-6-4-2/h9-10,13-14,22,24-26H,3-8,11-12,15-20H2,1-2H3/t22-,24-,25-,26-. The largest absolute Gasteiger partial charge is 0.0654 e. The van der Waals surface area contributed by atoms with Crippen molar-refractivity contribution < 1.29 is 0 Å². The van der Waals surface area contributed by atoms with Crippen molar-refractivity contribution in [2.45, 2.75) is 110 Å². The van der Waals surface area contributed by atoms with Crippen LogP contribution in [0.4, 0.5) is 0 Å². The summed E-state index contributed by atoms with van der Waals surface area (Å²) in [4.78, 5) is 0. The van der Waals surface area contributed by atoms with Crippen molar-refractivity contribution in [1.82, 2.24) is 0 Å². The van der Waals surface area contributed by atoms with E-state index in [4.69, 9.17) is 0 Å². The SMILES string of the molecule is CCCCc1ccc([C@H]2CC[C@H]([C@H]3CC[C@H](CCCC)CC3)CC2)cc1. The van der Waals surface area contributed by atoms with Crippen LogP contribution in [0.3, 0.4) is 0 Å². The molecule has 2 fully saturated rings. The third kappa shape index (κ3) is 5.61. The number of benzene rings is 1. The first-order valence-electron chi connectivity index (χ1n) is 11.9. The molecule has 0 amide bonds. The van der Waals surface area contributed by atoms with E-state index in [1.54, 1.807) is 5.56 Å². The smallest absolute Gasteiger partial charge is 0.0162 e. The highest BCUT2D eigenvalue weighted by Crippen LogP contribution is 2.44. The molecule has 146 valence electrons. The number of rotatable bonds is 8. The molecule has 0 N–H and O–H groups in total. The maximum absolute atomic E-state index is 2.44. The van der Waals surface area contributed by atoms with Gasteiger partial charge in [-0.3, -0.25) is 0 Å². The highest BCUT2D eigenvalue weighted by Gasteiger charge is 2.31. The molecule has 0 aliphatic heterocycles. The Morgan fingerprint density at radius 3 is 1.85 bits per heavy atom. The Morgan fingerprint density at radius 2 is 1.27 bits per heavy atom. The van der Waals surface area contributed by atoms with Crippen molar-refractivity contribution in [1.29, 1.82) is 0 Å². The molecular weight excluding hydrogens is 312 g/mol. The van der Waals surface area contributed by atoms with Crippen molar-refractivity contribution in [2.24, 2.45) is 17.8 Å². The van der Waals surface area contributed by atoms with Crippen LogP contribution in [-0.2, 0) is 6.42 Å². The molecule has 0 nitrogen and oxygen atoms in total. The molecule has 0 atom stereocenters. The van der Waals surface area contributed by atoms with Gasteiger partial charge in [0.2, 0.25) is 0 Å². The molecule has 1 aromatic carbocycles. The highest BCUT2D eigenvalue weighted by molar-refractivity contribution is 5.26. The van der Waals surface area contributed by atoms with Crippen LogP contribution in [0.5, 0.6) is 0 Å². The number of hydrogen-bond acceptors (Lipinski definition) is 0. The van der Waals surface area contributed by atoms with E-state index in [9.17, 15) is 0 Å². The topological polar surface area (TPSA) is 0 Å². The van der Waals surface area contributed by atoms with E-state index in [1.807, 2.05) is 0 Å². The molecule has 26 heavy (non-hydrogen) atoms. The quantitative estimate of drug-likeness (QED) is 0.440. The Kier molecular flexibility index (Phi) is 8.08. The van der Waals surface area contributed by atoms with Crippen LogP contribution >= 0.6 is 0 Å². The normalized spacial score (nSPS) is 29.6. The van der Waals surface area contributed by atoms with Gasteiger partial charge in [-0.2, -0.15) is 0 Å². The van der Waals surface area contributed by atoms with E-state index >= 15 is 0 Å². The minimum Gasteiger partial charge on any atom is -0.0654 e. The summed E-state index contributed by atoms with van der Waals surface area (Å²) in [5, 5.41) is 0. The van der Waals surface area contributed by atoms with Gasteiger partial charge in [0.25, 0.3) is 0 Å². The summed E-state index contributed by atoms with van der Waals surface area (Å²) in [6.45, 7) is 4.62. The van der Waals surface area contributed by atoms with E-state index in [0.717, 1.165) is 23.7 Å². The van der Waals surface area contributed by atoms with Gasteiger partial charge in [-0.05, 0) is 86.2 Å².